The SMILES string of the molecule is CCC(N)C(c1ccccc1Cl)N1CCC(C(C)(C)C)C1. The van der Waals surface area contributed by atoms with Crippen molar-refractivity contribution in [3.63, 3.8) is 0 Å². The molecule has 1 fully saturated rings. The van der Waals surface area contributed by atoms with Gasteiger partial charge in [0.1, 0.15) is 0 Å². The molecule has 118 valence electrons. The van der Waals surface area contributed by atoms with Crippen molar-refractivity contribution in [2.45, 2.75) is 52.6 Å². The van der Waals surface area contributed by atoms with E-state index in [9.17, 15) is 0 Å². The normalized spacial score (nSPS) is 23.2. The fourth-order valence-electron chi connectivity index (χ4n) is 3.38. The summed E-state index contributed by atoms with van der Waals surface area (Å²) in [5.41, 5.74) is 7.99. The Morgan fingerprint density at radius 3 is 2.52 bits per heavy atom. The average Bonchev–Trinajstić information content (AvgIpc) is 2.90. The summed E-state index contributed by atoms with van der Waals surface area (Å²) in [6.45, 7) is 11.4. The van der Waals surface area contributed by atoms with Crippen LogP contribution >= 0.6 is 11.6 Å². The number of halogens is 1. The van der Waals surface area contributed by atoms with Crippen LogP contribution < -0.4 is 5.73 Å². The molecule has 1 saturated heterocycles. The molecule has 1 aliphatic rings. The molecule has 0 aromatic heterocycles. The quantitative estimate of drug-likeness (QED) is 0.888. The number of benzene rings is 1. The summed E-state index contributed by atoms with van der Waals surface area (Å²) in [6.07, 6.45) is 2.22. The van der Waals surface area contributed by atoms with Gasteiger partial charge in [0, 0.05) is 17.6 Å². The minimum absolute atomic E-state index is 0.128. The van der Waals surface area contributed by atoms with Gasteiger partial charge in [0.15, 0.2) is 0 Å². The molecule has 2 nitrogen and oxygen atoms in total. The van der Waals surface area contributed by atoms with Crippen LogP contribution in [0.2, 0.25) is 5.02 Å². The largest absolute Gasteiger partial charge is 0.326 e. The second-order valence-corrected chi connectivity index (χ2v) is 7.79. The van der Waals surface area contributed by atoms with Crippen LogP contribution in [0.1, 0.15) is 52.1 Å². The topological polar surface area (TPSA) is 29.3 Å². The molecule has 1 aromatic rings. The second kappa shape index (κ2) is 6.68. The predicted molar refractivity (Wildman–Crippen MR) is 91.6 cm³/mol. The molecule has 3 unspecified atom stereocenters. The number of likely N-dealkylation sites (tertiary alicyclic amines) is 1. The molecular formula is C18H29ClN2. The second-order valence-electron chi connectivity index (χ2n) is 7.39. The first-order valence-corrected chi connectivity index (χ1v) is 8.46. The summed E-state index contributed by atoms with van der Waals surface area (Å²) in [4.78, 5) is 2.55. The van der Waals surface area contributed by atoms with Crippen LogP contribution in [-0.2, 0) is 0 Å². The number of nitrogens with zero attached hydrogens (tertiary/aromatic N) is 1. The zero-order valence-corrected chi connectivity index (χ0v) is 14.5. The first-order chi connectivity index (χ1) is 9.84. The molecule has 2 N–H and O–H groups in total. The van der Waals surface area contributed by atoms with Gasteiger partial charge in [0.25, 0.3) is 0 Å². The van der Waals surface area contributed by atoms with Gasteiger partial charge in [-0.1, -0.05) is 57.5 Å². The maximum absolute atomic E-state index is 6.45. The van der Waals surface area contributed by atoms with E-state index in [0.717, 1.165) is 30.5 Å². The molecule has 21 heavy (non-hydrogen) atoms. The Morgan fingerprint density at radius 1 is 1.33 bits per heavy atom. The highest BCUT2D eigenvalue weighted by Gasteiger charge is 2.37. The third-order valence-electron chi connectivity index (χ3n) is 4.94. The molecule has 1 aromatic carbocycles. The zero-order valence-electron chi connectivity index (χ0n) is 13.8. The van der Waals surface area contributed by atoms with Crippen molar-refractivity contribution in [1.29, 1.82) is 0 Å². The first kappa shape index (κ1) is 16.8. The highest BCUT2D eigenvalue weighted by atomic mass is 35.5. The van der Waals surface area contributed by atoms with Crippen molar-refractivity contribution in [1.82, 2.24) is 4.90 Å². The first-order valence-electron chi connectivity index (χ1n) is 8.08. The van der Waals surface area contributed by atoms with Crippen LogP contribution in [0.25, 0.3) is 0 Å². The highest BCUT2D eigenvalue weighted by Crippen LogP contribution is 2.39. The highest BCUT2D eigenvalue weighted by molar-refractivity contribution is 6.31. The monoisotopic (exact) mass is 308 g/mol. The molecule has 0 amide bonds. The van der Waals surface area contributed by atoms with Crippen LogP contribution in [-0.4, -0.2) is 24.0 Å². The Labute approximate surface area is 134 Å². The molecule has 3 atom stereocenters. The van der Waals surface area contributed by atoms with Crippen LogP contribution in [0.4, 0.5) is 0 Å². The van der Waals surface area contributed by atoms with Crippen molar-refractivity contribution in [2.75, 3.05) is 13.1 Å². The van der Waals surface area contributed by atoms with E-state index in [1.54, 1.807) is 0 Å². The summed E-state index contributed by atoms with van der Waals surface area (Å²) in [7, 11) is 0. The van der Waals surface area contributed by atoms with Gasteiger partial charge in [0.2, 0.25) is 0 Å². The van der Waals surface area contributed by atoms with Crippen molar-refractivity contribution in [2.24, 2.45) is 17.1 Å². The third kappa shape index (κ3) is 3.80. The molecule has 0 saturated carbocycles. The Bertz CT molecular complexity index is 467. The van der Waals surface area contributed by atoms with Gasteiger partial charge in [-0.05, 0) is 42.3 Å². The third-order valence-corrected chi connectivity index (χ3v) is 5.28. The van der Waals surface area contributed by atoms with Crippen molar-refractivity contribution >= 4 is 11.6 Å². The molecular weight excluding hydrogens is 280 g/mol. The van der Waals surface area contributed by atoms with Gasteiger partial charge in [0.05, 0.1) is 6.04 Å². The minimum Gasteiger partial charge on any atom is -0.326 e. The van der Waals surface area contributed by atoms with E-state index in [1.165, 1.54) is 12.0 Å². The standard InChI is InChI=1S/C18H29ClN2/c1-5-16(20)17(14-8-6-7-9-15(14)19)21-11-10-13(12-21)18(2,3)4/h6-9,13,16-17H,5,10-12,20H2,1-4H3. The van der Waals surface area contributed by atoms with Gasteiger partial charge in [-0.15, -0.1) is 0 Å². The van der Waals surface area contributed by atoms with Crippen LogP contribution in [0.15, 0.2) is 24.3 Å². The van der Waals surface area contributed by atoms with Gasteiger partial charge in [-0.2, -0.15) is 0 Å². The van der Waals surface area contributed by atoms with E-state index in [2.05, 4.69) is 44.7 Å². The lowest BCUT2D eigenvalue weighted by Gasteiger charge is -2.34. The van der Waals surface area contributed by atoms with Crippen molar-refractivity contribution in [3.8, 4) is 0 Å². The van der Waals surface area contributed by atoms with E-state index in [0.29, 0.717) is 5.41 Å². The summed E-state index contributed by atoms with van der Waals surface area (Å²) in [5.74, 6) is 0.728. The Balaban J connectivity index is 2.25. The number of nitrogens with two attached hydrogens (primary N) is 1. The Morgan fingerprint density at radius 2 is 2.00 bits per heavy atom. The maximum atomic E-state index is 6.45. The van der Waals surface area contributed by atoms with Gasteiger partial charge < -0.3 is 5.73 Å². The zero-order chi connectivity index (χ0) is 15.6. The number of hydrogen-bond donors (Lipinski definition) is 1. The minimum atomic E-state index is 0.128. The molecule has 0 aliphatic carbocycles. The van der Waals surface area contributed by atoms with Crippen LogP contribution in [0.3, 0.4) is 0 Å². The molecule has 1 heterocycles. The van der Waals surface area contributed by atoms with Gasteiger partial charge in [-0.25, -0.2) is 0 Å². The molecule has 3 heteroatoms. The van der Waals surface area contributed by atoms with Crippen molar-refractivity contribution in [3.05, 3.63) is 34.9 Å². The van der Waals surface area contributed by atoms with E-state index < -0.39 is 0 Å². The summed E-state index contributed by atoms with van der Waals surface area (Å²) < 4.78 is 0. The Hall–Kier alpha value is -0.570. The number of rotatable bonds is 4. The fraction of sp³-hybridized carbons (Fsp3) is 0.667. The number of hydrogen-bond acceptors (Lipinski definition) is 2. The van der Waals surface area contributed by atoms with E-state index >= 15 is 0 Å². The van der Waals surface area contributed by atoms with Gasteiger partial charge >= 0.3 is 0 Å². The lowest BCUT2D eigenvalue weighted by Crippen LogP contribution is -2.40. The van der Waals surface area contributed by atoms with Crippen molar-refractivity contribution < 1.29 is 0 Å². The molecule has 1 aliphatic heterocycles. The lowest BCUT2D eigenvalue weighted by molar-refractivity contribution is 0.175. The fourth-order valence-corrected chi connectivity index (χ4v) is 3.63. The van der Waals surface area contributed by atoms with Crippen LogP contribution in [0.5, 0.6) is 0 Å². The molecule has 0 radical (unpaired) electrons. The molecule has 2 rings (SSSR count). The summed E-state index contributed by atoms with van der Waals surface area (Å²) in [6, 6.07) is 8.52. The van der Waals surface area contributed by atoms with E-state index in [-0.39, 0.29) is 12.1 Å². The van der Waals surface area contributed by atoms with Crippen LogP contribution in [0, 0.1) is 11.3 Å². The smallest absolute Gasteiger partial charge is 0.0513 e. The predicted octanol–water partition coefficient (Wildman–Crippen LogP) is 4.49. The molecule has 0 bridgehead atoms. The van der Waals surface area contributed by atoms with Gasteiger partial charge in [-0.3, -0.25) is 4.90 Å². The Kier molecular flexibility index (Phi) is 5.34. The summed E-state index contributed by atoms with van der Waals surface area (Å²) >= 11 is 6.44. The average molecular weight is 309 g/mol. The summed E-state index contributed by atoms with van der Waals surface area (Å²) in [5, 5.41) is 0.839. The maximum Gasteiger partial charge on any atom is 0.0513 e. The lowest BCUT2D eigenvalue weighted by atomic mass is 9.80. The van der Waals surface area contributed by atoms with E-state index in [4.69, 9.17) is 17.3 Å². The van der Waals surface area contributed by atoms with E-state index in [1.807, 2.05) is 12.1 Å². The molecule has 0 spiro atoms.